The number of hydrogen-bond donors (Lipinski definition) is 2. The molecule has 1 aliphatic rings. The zero-order chi connectivity index (χ0) is 15.9. The molecule has 0 aromatic heterocycles. The van der Waals surface area contributed by atoms with Crippen molar-refractivity contribution in [1.29, 1.82) is 0 Å². The van der Waals surface area contributed by atoms with E-state index in [1.807, 2.05) is 36.2 Å². The molecular weight excluding hydrogens is 302 g/mol. The number of imide groups is 1. The predicted octanol–water partition coefficient (Wildman–Crippen LogP) is 2.54. The molecule has 6 heteroatoms. The number of carbonyl (C=O) groups excluding carboxylic acids is 2. The third kappa shape index (κ3) is 5.66. The fourth-order valence-electron chi connectivity index (χ4n) is 2.71. The van der Waals surface area contributed by atoms with Gasteiger partial charge >= 0.3 is 6.03 Å². The molecule has 0 atom stereocenters. The number of carbonyl (C=O) groups is 2. The van der Waals surface area contributed by atoms with Gasteiger partial charge in [0.2, 0.25) is 5.91 Å². The van der Waals surface area contributed by atoms with Gasteiger partial charge < -0.3 is 5.32 Å². The van der Waals surface area contributed by atoms with Crippen molar-refractivity contribution >= 4 is 23.5 Å². The van der Waals surface area contributed by atoms with E-state index in [2.05, 4.69) is 10.6 Å². The second kappa shape index (κ2) is 8.15. The summed E-state index contributed by atoms with van der Waals surface area (Å²) in [4.78, 5) is 25.4. The van der Waals surface area contributed by atoms with Crippen molar-refractivity contribution in [1.82, 2.24) is 15.5 Å². The zero-order valence-corrected chi connectivity index (χ0v) is 13.5. The van der Waals surface area contributed by atoms with Gasteiger partial charge in [-0.15, -0.1) is 0 Å². The van der Waals surface area contributed by atoms with E-state index in [1.165, 1.54) is 0 Å². The van der Waals surface area contributed by atoms with Gasteiger partial charge in [0, 0.05) is 17.6 Å². The largest absolute Gasteiger partial charge is 0.335 e. The Morgan fingerprint density at radius 3 is 2.73 bits per heavy atom. The Labute approximate surface area is 136 Å². The maximum atomic E-state index is 11.9. The van der Waals surface area contributed by atoms with E-state index in [-0.39, 0.29) is 18.5 Å². The molecular formula is C16H22ClN3O2. The molecule has 0 unspecified atom stereocenters. The smallest absolute Gasteiger partial charge is 0.321 e. The van der Waals surface area contributed by atoms with Crippen molar-refractivity contribution in [3.05, 3.63) is 34.9 Å². The van der Waals surface area contributed by atoms with Gasteiger partial charge in [0.1, 0.15) is 0 Å². The van der Waals surface area contributed by atoms with Crippen LogP contribution in [0.5, 0.6) is 0 Å². The Bertz CT molecular complexity index is 530. The van der Waals surface area contributed by atoms with Crippen molar-refractivity contribution < 1.29 is 9.59 Å². The quantitative estimate of drug-likeness (QED) is 0.875. The minimum atomic E-state index is -0.395. The molecule has 1 saturated carbocycles. The van der Waals surface area contributed by atoms with Gasteiger partial charge in [-0.25, -0.2) is 4.79 Å². The average Bonchev–Trinajstić information content (AvgIpc) is 2.90. The van der Waals surface area contributed by atoms with Crippen molar-refractivity contribution in [3.63, 3.8) is 0 Å². The summed E-state index contributed by atoms with van der Waals surface area (Å²) in [6.45, 7) is 0.753. The van der Waals surface area contributed by atoms with Crippen LogP contribution in [0.15, 0.2) is 24.3 Å². The van der Waals surface area contributed by atoms with E-state index >= 15 is 0 Å². The van der Waals surface area contributed by atoms with E-state index in [1.54, 1.807) is 0 Å². The Balaban J connectivity index is 1.72. The molecule has 1 aliphatic carbocycles. The van der Waals surface area contributed by atoms with Crippen LogP contribution in [-0.4, -0.2) is 36.5 Å². The normalized spacial score (nSPS) is 15.0. The molecule has 1 aromatic rings. The third-order valence-corrected chi connectivity index (χ3v) is 3.93. The Morgan fingerprint density at radius 1 is 1.32 bits per heavy atom. The van der Waals surface area contributed by atoms with Crippen molar-refractivity contribution in [2.24, 2.45) is 0 Å². The number of hydrogen-bond acceptors (Lipinski definition) is 3. The summed E-state index contributed by atoms with van der Waals surface area (Å²) in [7, 11) is 1.83. The summed E-state index contributed by atoms with van der Waals surface area (Å²) >= 11 is 5.93. The highest BCUT2D eigenvalue weighted by atomic mass is 35.5. The number of likely N-dealkylation sites (N-methyl/N-ethyl adjacent to an activating group) is 1. The molecule has 3 amide bonds. The predicted molar refractivity (Wildman–Crippen MR) is 86.7 cm³/mol. The number of halogens is 1. The van der Waals surface area contributed by atoms with Crippen LogP contribution >= 0.6 is 11.6 Å². The van der Waals surface area contributed by atoms with E-state index in [0.717, 1.165) is 31.2 Å². The van der Waals surface area contributed by atoms with Crippen LogP contribution in [0.4, 0.5) is 4.79 Å². The number of urea groups is 1. The number of nitrogens with zero attached hydrogens (tertiary/aromatic N) is 1. The van der Waals surface area contributed by atoms with E-state index in [9.17, 15) is 9.59 Å². The number of amides is 3. The van der Waals surface area contributed by atoms with E-state index in [4.69, 9.17) is 11.6 Å². The fourth-order valence-corrected chi connectivity index (χ4v) is 2.92. The van der Waals surface area contributed by atoms with E-state index < -0.39 is 6.03 Å². The second-order valence-electron chi connectivity index (χ2n) is 5.81. The van der Waals surface area contributed by atoms with Gasteiger partial charge in [-0.05, 0) is 37.6 Å². The summed E-state index contributed by atoms with van der Waals surface area (Å²) in [5.74, 6) is -0.306. The fraction of sp³-hybridized carbons (Fsp3) is 0.500. The molecule has 5 nitrogen and oxygen atoms in total. The van der Waals surface area contributed by atoms with Gasteiger partial charge in [-0.1, -0.05) is 36.6 Å². The lowest BCUT2D eigenvalue weighted by atomic mass is 10.2. The van der Waals surface area contributed by atoms with Crippen LogP contribution < -0.4 is 10.6 Å². The Kier molecular flexibility index (Phi) is 6.21. The van der Waals surface area contributed by atoms with Gasteiger partial charge in [0.15, 0.2) is 0 Å². The van der Waals surface area contributed by atoms with Crippen LogP contribution in [0.3, 0.4) is 0 Å². The third-order valence-electron chi connectivity index (χ3n) is 3.70. The maximum absolute atomic E-state index is 11.9. The van der Waals surface area contributed by atoms with Crippen molar-refractivity contribution in [2.75, 3.05) is 13.6 Å². The first-order valence-electron chi connectivity index (χ1n) is 7.56. The maximum Gasteiger partial charge on any atom is 0.321 e. The highest BCUT2D eigenvalue weighted by molar-refractivity contribution is 6.30. The minimum absolute atomic E-state index is 0.157. The monoisotopic (exact) mass is 323 g/mol. The molecule has 1 aromatic carbocycles. The number of nitrogens with one attached hydrogen (secondary N) is 2. The Morgan fingerprint density at radius 2 is 2.05 bits per heavy atom. The first kappa shape index (κ1) is 16.8. The van der Waals surface area contributed by atoms with Crippen LogP contribution in [0, 0.1) is 0 Å². The summed E-state index contributed by atoms with van der Waals surface area (Å²) in [6.07, 6.45) is 4.27. The highest BCUT2D eigenvalue weighted by Crippen LogP contribution is 2.17. The Hall–Kier alpha value is -1.59. The first-order valence-corrected chi connectivity index (χ1v) is 7.94. The summed E-state index contributed by atoms with van der Waals surface area (Å²) in [5.41, 5.74) is 1.03. The topological polar surface area (TPSA) is 61.4 Å². The average molecular weight is 324 g/mol. The van der Waals surface area contributed by atoms with Gasteiger partial charge in [-0.2, -0.15) is 0 Å². The standard InChI is InChI=1S/C16H22ClN3O2/c1-20(10-12-5-4-6-13(17)9-12)11-15(21)19-16(22)18-14-7-2-3-8-14/h4-6,9,14H,2-3,7-8,10-11H2,1H3,(H2,18,19,21,22). The molecule has 0 bridgehead atoms. The summed E-state index contributed by atoms with van der Waals surface area (Å²) in [5, 5.41) is 5.88. The number of rotatable bonds is 5. The number of benzene rings is 1. The lowest BCUT2D eigenvalue weighted by molar-refractivity contribution is -0.121. The molecule has 0 spiro atoms. The lowest BCUT2D eigenvalue weighted by Gasteiger charge is -2.17. The van der Waals surface area contributed by atoms with Crippen LogP contribution in [0.2, 0.25) is 5.02 Å². The molecule has 22 heavy (non-hydrogen) atoms. The SMILES string of the molecule is CN(CC(=O)NC(=O)NC1CCCC1)Cc1cccc(Cl)c1. The van der Waals surface area contributed by atoms with Gasteiger partial charge in [-0.3, -0.25) is 15.0 Å². The lowest BCUT2D eigenvalue weighted by Crippen LogP contribution is -2.46. The van der Waals surface area contributed by atoms with E-state index in [0.29, 0.717) is 11.6 Å². The minimum Gasteiger partial charge on any atom is -0.335 e. The second-order valence-corrected chi connectivity index (χ2v) is 6.24. The molecule has 1 fully saturated rings. The molecule has 0 radical (unpaired) electrons. The molecule has 0 heterocycles. The zero-order valence-electron chi connectivity index (χ0n) is 12.8. The van der Waals surface area contributed by atoms with Gasteiger partial charge in [0.05, 0.1) is 6.54 Å². The molecule has 2 rings (SSSR count). The van der Waals surface area contributed by atoms with Crippen molar-refractivity contribution in [3.8, 4) is 0 Å². The highest BCUT2D eigenvalue weighted by Gasteiger charge is 2.18. The molecule has 0 saturated heterocycles. The molecule has 2 N–H and O–H groups in total. The first-order chi connectivity index (χ1) is 10.5. The van der Waals surface area contributed by atoms with Gasteiger partial charge in [0.25, 0.3) is 0 Å². The summed E-state index contributed by atoms with van der Waals surface area (Å²) in [6, 6.07) is 7.31. The summed E-state index contributed by atoms with van der Waals surface area (Å²) < 4.78 is 0. The molecule has 120 valence electrons. The molecule has 0 aliphatic heterocycles. The van der Waals surface area contributed by atoms with Crippen molar-refractivity contribution in [2.45, 2.75) is 38.3 Å². The van der Waals surface area contributed by atoms with Crippen LogP contribution in [0.25, 0.3) is 0 Å². The van der Waals surface area contributed by atoms with Crippen LogP contribution in [0.1, 0.15) is 31.2 Å². The van der Waals surface area contributed by atoms with Crippen LogP contribution in [-0.2, 0) is 11.3 Å².